The van der Waals surface area contributed by atoms with E-state index < -0.39 is 0 Å². The second-order valence-corrected chi connectivity index (χ2v) is 3.52. The molecule has 0 unspecified atom stereocenters. The Morgan fingerprint density at radius 1 is 1.50 bits per heavy atom. The van der Waals surface area contributed by atoms with Crippen LogP contribution >= 0.6 is 11.6 Å². The van der Waals surface area contributed by atoms with E-state index in [-0.39, 0.29) is 0 Å². The molecule has 0 fully saturated rings. The fraction of sp³-hybridized carbons (Fsp3) is 0.273. The van der Waals surface area contributed by atoms with Crippen LogP contribution in [0.15, 0.2) is 36.4 Å². The average molecular weight is 181 g/mol. The summed E-state index contributed by atoms with van der Waals surface area (Å²) in [6.07, 6.45) is 2.08. The molecule has 0 aliphatic carbocycles. The van der Waals surface area contributed by atoms with Crippen LogP contribution in [0.1, 0.15) is 18.9 Å². The minimum atomic E-state index is 0.814. The van der Waals surface area contributed by atoms with Crippen LogP contribution < -0.4 is 0 Å². The van der Waals surface area contributed by atoms with Gasteiger partial charge in [0, 0.05) is 5.02 Å². The van der Waals surface area contributed by atoms with Crippen LogP contribution in [0.25, 0.3) is 0 Å². The topological polar surface area (TPSA) is 0 Å². The van der Waals surface area contributed by atoms with E-state index in [0.717, 1.165) is 17.9 Å². The molecule has 12 heavy (non-hydrogen) atoms. The zero-order valence-corrected chi connectivity index (χ0v) is 8.06. The van der Waals surface area contributed by atoms with Gasteiger partial charge in [0.05, 0.1) is 0 Å². The Labute approximate surface area is 78.9 Å². The summed E-state index contributed by atoms with van der Waals surface area (Å²) in [5.41, 5.74) is 2.50. The molecule has 0 nitrogen and oxygen atoms in total. The predicted octanol–water partition coefficient (Wildman–Crippen LogP) is 3.85. The Morgan fingerprint density at radius 3 is 2.83 bits per heavy atom. The van der Waals surface area contributed by atoms with Crippen molar-refractivity contribution in [2.75, 3.05) is 0 Å². The van der Waals surface area contributed by atoms with Gasteiger partial charge in [0.15, 0.2) is 0 Å². The lowest BCUT2D eigenvalue weighted by Gasteiger charge is -2.00. The number of rotatable bonds is 3. The number of benzene rings is 1. The van der Waals surface area contributed by atoms with Gasteiger partial charge < -0.3 is 0 Å². The Kier molecular flexibility index (Phi) is 3.36. The lowest BCUT2D eigenvalue weighted by Crippen LogP contribution is -1.84. The fourth-order valence-corrected chi connectivity index (χ4v) is 1.26. The molecule has 0 bridgehead atoms. The lowest BCUT2D eigenvalue weighted by molar-refractivity contribution is 0.946. The Morgan fingerprint density at radius 2 is 2.25 bits per heavy atom. The highest BCUT2D eigenvalue weighted by molar-refractivity contribution is 6.30. The summed E-state index contributed by atoms with van der Waals surface area (Å²) in [6, 6.07) is 7.97. The van der Waals surface area contributed by atoms with Crippen LogP contribution in [0.5, 0.6) is 0 Å². The van der Waals surface area contributed by atoms with Crippen LogP contribution in [0.2, 0.25) is 5.02 Å². The second-order valence-electron chi connectivity index (χ2n) is 3.09. The predicted molar refractivity (Wildman–Crippen MR) is 54.6 cm³/mol. The van der Waals surface area contributed by atoms with Crippen LogP contribution in [0.4, 0.5) is 0 Å². The molecule has 0 spiro atoms. The number of halogens is 1. The summed E-state index contributed by atoms with van der Waals surface area (Å²) in [5, 5.41) is 0.814. The van der Waals surface area contributed by atoms with Crippen molar-refractivity contribution in [3.05, 3.63) is 47.0 Å². The summed E-state index contributed by atoms with van der Waals surface area (Å²) in [6.45, 7) is 5.91. The molecular formula is C11H13Cl. The molecule has 0 saturated carbocycles. The maximum Gasteiger partial charge on any atom is 0.0408 e. The van der Waals surface area contributed by atoms with Crippen LogP contribution in [-0.2, 0) is 6.42 Å². The fourth-order valence-electron chi connectivity index (χ4n) is 1.05. The summed E-state index contributed by atoms with van der Waals surface area (Å²) in [5.74, 6) is 0. The standard InChI is InChI=1S/C11H13Cl/c1-9(2)6-7-10-4-3-5-11(12)8-10/h3-5,8H,1,6-7H2,2H3. The second kappa shape index (κ2) is 4.32. The summed E-state index contributed by atoms with van der Waals surface area (Å²) in [4.78, 5) is 0. The first-order valence-corrected chi connectivity index (χ1v) is 4.45. The first-order valence-electron chi connectivity index (χ1n) is 4.07. The van der Waals surface area contributed by atoms with Crippen LogP contribution in [-0.4, -0.2) is 0 Å². The van der Waals surface area contributed by atoms with Gasteiger partial charge in [-0.2, -0.15) is 0 Å². The van der Waals surface area contributed by atoms with Crippen molar-refractivity contribution < 1.29 is 0 Å². The number of allylic oxidation sites excluding steroid dienone is 1. The molecule has 1 rings (SSSR count). The smallest absolute Gasteiger partial charge is 0.0408 e. The molecule has 0 saturated heterocycles. The third-order valence-corrected chi connectivity index (χ3v) is 1.96. The molecule has 0 aliphatic rings. The van der Waals surface area contributed by atoms with Crippen LogP contribution in [0.3, 0.4) is 0 Å². The first kappa shape index (κ1) is 9.34. The third-order valence-electron chi connectivity index (χ3n) is 1.73. The van der Waals surface area contributed by atoms with E-state index in [0.29, 0.717) is 0 Å². The molecule has 0 radical (unpaired) electrons. The SMILES string of the molecule is C=C(C)CCc1cccc(Cl)c1. The average Bonchev–Trinajstić information content (AvgIpc) is 2.01. The highest BCUT2D eigenvalue weighted by Gasteiger charge is 1.93. The minimum absolute atomic E-state index is 0.814. The Bertz CT molecular complexity index is 276. The zero-order valence-electron chi connectivity index (χ0n) is 7.31. The molecule has 64 valence electrons. The van der Waals surface area contributed by atoms with E-state index in [1.807, 2.05) is 25.1 Å². The molecule has 1 heteroatoms. The minimum Gasteiger partial charge on any atom is -0.100 e. The number of hydrogen-bond donors (Lipinski definition) is 0. The molecule has 0 aliphatic heterocycles. The molecular weight excluding hydrogens is 168 g/mol. The number of aryl methyl sites for hydroxylation is 1. The third kappa shape index (κ3) is 3.10. The van der Waals surface area contributed by atoms with E-state index in [2.05, 4.69) is 12.6 Å². The van der Waals surface area contributed by atoms with Gasteiger partial charge in [-0.3, -0.25) is 0 Å². The van der Waals surface area contributed by atoms with Crippen LogP contribution in [0, 0.1) is 0 Å². The van der Waals surface area contributed by atoms with E-state index in [9.17, 15) is 0 Å². The van der Waals surface area contributed by atoms with E-state index in [4.69, 9.17) is 11.6 Å². The first-order chi connectivity index (χ1) is 5.68. The van der Waals surface area contributed by atoms with Crippen molar-refractivity contribution in [3.8, 4) is 0 Å². The van der Waals surface area contributed by atoms with Gasteiger partial charge in [-0.05, 0) is 37.5 Å². The summed E-state index contributed by atoms with van der Waals surface area (Å²) >= 11 is 5.84. The summed E-state index contributed by atoms with van der Waals surface area (Å²) < 4.78 is 0. The van der Waals surface area contributed by atoms with Crippen molar-refractivity contribution in [1.29, 1.82) is 0 Å². The van der Waals surface area contributed by atoms with Gasteiger partial charge in [0.25, 0.3) is 0 Å². The maximum atomic E-state index is 5.84. The van der Waals surface area contributed by atoms with Crippen molar-refractivity contribution in [1.82, 2.24) is 0 Å². The van der Waals surface area contributed by atoms with Gasteiger partial charge in [-0.15, -0.1) is 6.58 Å². The summed E-state index contributed by atoms with van der Waals surface area (Å²) in [7, 11) is 0. The molecule has 0 N–H and O–H groups in total. The molecule has 0 heterocycles. The molecule has 1 aromatic carbocycles. The molecule has 0 amide bonds. The Balaban J connectivity index is 2.57. The van der Waals surface area contributed by atoms with Crippen molar-refractivity contribution >= 4 is 11.6 Å². The van der Waals surface area contributed by atoms with E-state index >= 15 is 0 Å². The van der Waals surface area contributed by atoms with Gasteiger partial charge >= 0.3 is 0 Å². The van der Waals surface area contributed by atoms with Gasteiger partial charge in [-0.25, -0.2) is 0 Å². The van der Waals surface area contributed by atoms with Crippen molar-refractivity contribution in [3.63, 3.8) is 0 Å². The van der Waals surface area contributed by atoms with Crippen molar-refractivity contribution in [2.24, 2.45) is 0 Å². The van der Waals surface area contributed by atoms with E-state index in [1.54, 1.807) is 0 Å². The van der Waals surface area contributed by atoms with Crippen molar-refractivity contribution in [2.45, 2.75) is 19.8 Å². The monoisotopic (exact) mass is 180 g/mol. The van der Waals surface area contributed by atoms with Gasteiger partial charge in [0.1, 0.15) is 0 Å². The largest absolute Gasteiger partial charge is 0.100 e. The highest BCUT2D eigenvalue weighted by atomic mass is 35.5. The maximum absolute atomic E-state index is 5.84. The normalized spacial score (nSPS) is 9.83. The number of hydrogen-bond acceptors (Lipinski definition) is 0. The molecule has 0 atom stereocenters. The Hall–Kier alpha value is -0.750. The quantitative estimate of drug-likeness (QED) is 0.620. The zero-order chi connectivity index (χ0) is 8.97. The highest BCUT2D eigenvalue weighted by Crippen LogP contribution is 2.13. The van der Waals surface area contributed by atoms with Gasteiger partial charge in [0.2, 0.25) is 0 Å². The molecule has 0 aromatic heterocycles. The van der Waals surface area contributed by atoms with E-state index in [1.165, 1.54) is 11.1 Å². The molecule has 1 aromatic rings. The lowest BCUT2D eigenvalue weighted by atomic mass is 10.1. The van der Waals surface area contributed by atoms with Gasteiger partial charge in [-0.1, -0.05) is 29.3 Å².